The van der Waals surface area contributed by atoms with Crippen molar-refractivity contribution in [2.24, 2.45) is 10.4 Å². The summed E-state index contributed by atoms with van der Waals surface area (Å²) in [5, 5.41) is 3.63. The van der Waals surface area contributed by atoms with Gasteiger partial charge in [0.2, 0.25) is 0 Å². The molecule has 0 bridgehead atoms. The lowest BCUT2D eigenvalue weighted by atomic mass is 9.87. The Hall–Kier alpha value is -3.07. The molecule has 0 aliphatic rings. The first kappa shape index (κ1) is 25.2. The summed E-state index contributed by atoms with van der Waals surface area (Å²) in [4.78, 5) is 5.16. The molecule has 2 rings (SSSR count). The summed E-state index contributed by atoms with van der Waals surface area (Å²) in [6, 6.07) is 14.6. The highest BCUT2D eigenvalue weighted by molar-refractivity contribution is 6.02. The Morgan fingerprint density at radius 1 is 1.12 bits per heavy atom. The number of amidine groups is 1. The monoisotopic (exact) mass is 430 g/mol. The van der Waals surface area contributed by atoms with Gasteiger partial charge < -0.3 is 10.1 Å². The van der Waals surface area contributed by atoms with Crippen LogP contribution in [-0.2, 0) is 6.42 Å². The van der Waals surface area contributed by atoms with Crippen molar-refractivity contribution < 1.29 is 4.74 Å². The molecule has 0 fully saturated rings. The van der Waals surface area contributed by atoms with E-state index in [9.17, 15) is 0 Å². The van der Waals surface area contributed by atoms with Crippen molar-refractivity contribution in [3.8, 4) is 5.75 Å². The maximum atomic E-state index is 5.50. The van der Waals surface area contributed by atoms with Gasteiger partial charge in [-0.2, -0.15) is 0 Å². The highest BCUT2D eigenvalue weighted by Crippen LogP contribution is 2.30. The second-order valence-electron chi connectivity index (χ2n) is 8.66. The number of methoxy groups -OCH3 is 1. The number of benzene rings is 2. The van der Waals surface area contributed by atoms with Gasteiger partial charge >= 0.3 is 0 Å². The average molecular weight is 431 g/mol. The van der Waals surface area contributed by atoms with Crippen LogP contribution in [0.15, 0.2) is 72.3 Å². The molecular weight excluding hydrogens is 392 g/mol. The van der Waals surface area contributed by atoms with Crippen molar-refractivity contribution in [1.29, 1.82) is 0 Å². The Kier molecular flexibility index (Phi) is 9.07. The van der Waals surface area contributed by atoms with Crippen molar-refractivity contribution in [2.75, 3.05) is 12.4 Å². The van der Waals surface area contributed by atoms with Gasteiger partial charge in [0.25, 0.3) is 0 Å². The number of allylic oxidation sites excluding steroid dienone is 4. The van der Waals surface area contributed by atoms with Crippen LogP contribution in [0, 0.1) is 5.41 Å². The molecule has 2 aromatic carbocycles. The fraction of sp³-hybridized carbons (Fsp3) is 0.345. The SMILES string of the molecule is C=C(C)c1cccc(/C(=C/C)N=C(Nc2ccc(OC)c(CC)c2)C(C)(C)C/C=C\C)c1. The maximum Gasteiger partial charge on any atom is 0.122 e. The third-order valence-corrected chi connectivity index (χ3v) is 5.59. The summed E-state index contributed by atoms with van der Waals surface area (Å²) >= 11 is 0. The number of aliphatic imine (C=N–C) groups is 1. The largest absolute Gasteiger partial charge is 0.496 e. The molecule has 3 nitrogen and oxygen atoms in total. The van der Waals surface area contributed by atoms with E-state index in [1.807, 2.05) is 19.9 Å². The Bertz CT molecular complexity index is 1030. The second-order valence-corrected chi connectivity index (χ2v) is 8.66. The summed E-state index contributed by atoms with van der Waals surface area (Å²) in [6.07, 6.45) is 8.14. The zero-order chi connectivity index (χ0) is 23.7. The van der Waals surface area contributed by atoms with Crippen LogP contribution < -0.4 is 10.1 Å². The van der Waals surface area contributed by atoms with Gasteiger partial charge in [0.15, 0.2) is 0 Å². The lowest BCUT2D eigenvalue weighted by molar-refractivity contribution is 0.410. The zero-order valence-corrected chi connectivity index (χ0v) is 20.8. The number of hydrogen-bond acceptors (Lipinski definition) is 2. The first-order valence-corrected chi connectivity index (χ1v) is 11.3. The Balaban J connectivity index is 2.54. The molecule has 0 radical (unpaired) electrons. The number of nitrogens with one attached hydrogen (secondary N) is 1. The molecule has 170 valence electrons. The molecule has 0 heterocycles. The minimum Gasteiger partial charge on any atom is -0.496 e. The number of anilines is 1. The molecule has 0 atom stereocenters. The molecule has 0 aromatic heterocycles. The molecule has 0 unspecified atom stereocenters. The molecule has 0 aliphatic heterocycles. The predicted molar refractivity (Wildman–Crippen MR) is 141 cm³/mol. The predicted octanol–water partition coefficient (Wildman–Crippen LogP) is 8.15. The van der Waals surface area contributed by atoms with Crippen LogP contribution >= 0.6 is 0 Å². The number of ether oxygens (including phenoxy) is 1. The van der Waals surface area contributed by atoms with Crippen molar-refractivity contribution >= 4 is 22.8 Å². The second kappa shape index (κ2) is 11.5. The van der Waals surface area contributed by atoms with E-state index in [1.165, 1.54) is 5.56 Å². The van der Waals surface area contributed by atoms with Gasteiger partial charge in [0.1, 0.15) is 11.6 Å². The molecule has 0 spiro atoms. The summed E-state index contributed by atoms with van der Waals surface area (Å²) in [5.41, 5.74) is 6.20. The zero-order valence-electron chi connectivity index (χ0n) is 20.8. The molecule has 32 heavy (non-hydrogen) atoms. The molecule has 1 N–H and O–H groups in total. The number of hydrogen-bond donors (Lipinski definition) is 1. The quantitative estimate of drug-likeness (QED) is 0.247. The number of rotatable bonds is 9. The van der Waals surface area contributed by atoms with Crippen molar-refractivity contribution in [3.05, 3.63) is 84.0 Å². The lowest BCUT2D eigenvalue weighted by Crippen LogP contribution is -2.31. The molecular formula is C29H38N2O. The Morgan fingerprint density at radius 3 is 2.44 bits per heavy atom. The molecule has 2 aromatic rings. The smallest absolute Gasteiger partial charge is 0.122 e. The van der Waals surface area contributed by atoms with E-state index < -0.39 is 0 Å². The van der Waals surface area contributed by atoms with Crippen LogP contribution in [0.3, 0.4) is 0 Å². The van der Waals surface area contributed by atoms with E-state index in [0.717, 1.165) is 52.5 Å². The van der Waals surface area contributed by atoms with Crippen molar-refractivity contribution in [2.45, 2.75) is 54.4 Å². The van der Waals surface area contributed by atoms with Gasteiger partial charge in [0.05, 0.1) is 12.8 Å². The highest BCUT2D eigenvalue weighted by Gasteiger charge is 2.25. The van der Waals surface area contributed by atoms with Gasteiger partial charge in [-0.3, -0.25) is 0 Å². The normalized spacial score (nSPS) is 12.8. The first-order chi connectivity index (χ1) is 15.2. The molecule has 0 saturated carbocycles. The Labute approximate surface area is 194 Å². The minimum absolute atomic E-state index is 0.182. The third-order valence-electron chi connectivity index (χ3n) is 5.59. The van der Waals surface area contributed by atoms with Gasteiger partial charge in [0, 0.05) is 16.7 Å². The topological polar surface area (TPSA) is 33.6 Å². The van der Waals surface area contributed by atoms with Crippen LogP contribution in [0.5, 0.6) is 5.75 Å². The number of aryl methyl sites for hydroxylation is 1. The summed E-state index contributed by atoms with van der Waals surface area (Å²) in [6.45, 7) is 16.8. The van der Waals surface area contributed by atoms with Gasteiger partial charge in [-0.1, -0.05) is 69.4 Å². The van der Waals surface area contributed by atoms with Gasteiger partial charge in [-0.15, -0.1) is 0 Å². The fourth-order valence-electron chi connectivity index (χ4n) is 3.49. The molecule has 0 aliphatic carbocycles. The highest BCUT2D eigenvalue weighted by atomic mass is 16.5. The van der Waals surface area contributed by atoms with E-state index in [0.29, 0.717) is 0 Å². The summed E-state index contributed by atoms with van der Waals surface area (Å²) in [5.74, 6) is 1.84. The van der Waals surface area contributed by atoms with Crippen LogP contribution in [0.2, 0.25) is 0 Å². The maximum absolute atomic E-state index is 5.50. The van der Waals surface area contributed by atoms with Crippen LogP contribution in [0.25, 0.3) is 11.3 Å². The third kappa shape index (κ3) is 6.46. The van der Waals surface area contributed by atoms with E-state index in [2.05, 4.69) is 94.2 Å². The van der Waals surface area contributed by atoms with Crippen molar-refractivity contribution in [1.82, 2.24) is 0 Å². The fourth-order valence-corrected chi connectivity index (χ4v) is 3.49. The van der Waals surface area contributed by atoms with Crippen molar-refractivity contribution in [3.63, 3.8) is 0 Å². The van der Waals surface area contributed by atoms with Gasteiger partial charge in [-0.25, -0.2) is 4.99 Å². The lowest BCUT2D eigenvalue weighted by Gasteiger charge is -2.27. The summed E-state index contributed by atoms with van der Waals surface area (Å²) in [7, 11) is 1.71. The molecule has 0 saturated heterocycles. The van der Waals surface area contributed by atoms with Crippen LogP contribution in [0.1, 0.15) is 64.7 Å². The summed E-state index contributed by atoms with van der Waals surface area (Å²) < 4.78 is 5.50. The van der Waals surface area contributed by atoms with E-state index in [-0.39, 0.29) is 5.41 Å². The standard InChI is InChI=1S/C29H38N2O/c1-9-12-18-29(6,7)28(30-25-16-17-27(32-8)22(10-2)20-25)31-26(11-3)24-15-13-14-23(19-24)21(4)5/h9,11-17,19-20H,4,10,18H2,1-3,5-8H3,(H,30,31)/b12-9-,26-11-. The Morgan fingerprint density at radius 2 is 1.84 bits per heavy atom. The van der Waals surface area contributed by atoms with E-state index >= 15 is 0 Å². The molecule has 3 heteroatoms. The average Bonchev–Trinajstić information content (AvgIpc) is 2.80. The minimum atomic E-state index is -0.182. The van der Waals surface area contributed by atoms with Crippen LogP contribution in [0.4, 0.5) is 5.69 Å². The van der Waals surface area contributed by atoms with E-state index in [1.54, 1.807) is 7.11 Å². The van der Waals surface area contributed by atoms with Crippen LogP contribution in [-0.4, -0.2) is 12.9 Å². The first-order valence-electron chi connectivity index (χ1n) is 11.3. The van der Waals surface area contributed by atoms with Gasteiger partial charge in [-0.05, 0) is 69.0 Å². The number of nitrogens with zero attached hydrogens (tertiary/aromatic N) is 1. The molecule has 0 amide bonds. The van der Waals surface area contributed by atoms with E-state index in [4.69, 9.17) is 9.73 Å².